The van der Waals surface area contributed by atoms with E-state index >= 15 is 0 Å². The Bertz CT molecular complexity index is 561. The minimum atomic E-state index is 0.380. The number of thiazole rings is 1. The summed E-state index contributed by atoms with van der Waals surface area (Å²) in [5.41, 5.74) is 6.84. The molecule has 0 aliphatic heterocycles. The fraction of sp³-hybridized carbons (Fsp3) is 0.286. The van der Waals surface area contributed by atoms with Crippen LogP contribution in [-0.2, 0) is 6.61 Å². The lowest BCUT2D eigenvalue weighted by Gasteiger charge is -2.07. The van der Waals surface area contributed by atoms with Crippen molar-refractivity contribution in [3.63, 3.8) is 0 Å². The van der Waals surface area contributed by atoms with E-state index in [1.807, 2.05) is 12.1 Å². The van der Waals surface area contributed by atoms with Gasteiger partial charge in [-0.25, -0.2) is 4.98 Å². The third-order valence-corrected chi connectivity index (χ3v) is 4.06. The van der Waals surface area contributed by atoms with Crippen LogP contribution in [0.2, 0.25) is 0 Å². The molecule has 5 heteroatoms. The Kier molecular flexibility index (Phi) is 4.50. The van der Waals surface area contributed by atoms with Crippen molar-refractivity contribution >= 4 is 28.5 Å². The van der Waals surface area contributed by atoms with Gasteiger partial charge in [-0.2, -0.15) is 0 Å². The number of benzene rings is 1. The molecule has 0 spiro atoms. The van der Waals surface area contributed by atoms with Crippen molar-refractivity contribution in [3.05, 3.63) is 45.9 Å². The number of aromatic nitrogens is 1. The maximum Gasteiger partial charge on any atom is 0.140 e. The summed E-state index contributed by atoms with van der Waals surface area (Å²) in [5.74, 6) is 1.37. The zero-order valence-electron chi connectivity index (χ0n) is 10.9. The molecule has 0 atom stereocenters. The Hall–Kier alpha value is -1.46. The van der Waals surface area contributed by atoms with Crippen LogP contribution < -0.4 is 10.5 Å². The van der Waals surface area contributed by atoms with Crippen LogP contribution in [0.4, 0.5) is 0 Å². The van der Waals surface area contributed by atoms with Crippen molar-refractivity contribution in [2.75, 3.05) is 0 Å². The van der Waals surface area contributed by atoms with Gasteiger partial charge in [0.1, 0.15) is 22.4 Å². The van der Waals surface area contributed by atoms with Crippen LogP contribution in [0.3, 0.4) is 0 Å². The first-order valence-electron chi connectivity index (χ1n) is 6.03. The van der Waals surface area contributed by atoms with Gasteiger partial charge in [0, 0.05) is 6.20 Å². The highest BCUT2D eigenvalue weighted by Crippen LogP contribution is 2.20. The van der Waals surface area contributed by atoms with E-state index in [0.717, 1.165) is 15.6 Å². The van der Waals surface area contributed by atoms with Gasteiger partial charge < -0.3 is 10.5 Å². The Labute approximate surface area is 122 Å². The molecule has 2 N–H and O–H groups in total. The summed E-state index contributed by atoms with van der Waals surface area (Å²) in [6.07, 6.45) is 1.69. The highest BCUT2D eigenvalue weighted by molar-refractivity contribution is 7.81. The molecule has 0 bridgehead atoms. The topological polar surface area (TPSA) is 48.1 Å². The predicted molar refractivity (Wildman–Crippen MR) is 82.9 cm³/mol. The highest BCUT2D eigenvalue weighted by atomic mass is 32.1. The molecule has 0 fully saturated rings. The van der Waals surface area contributed by atoms with Crippen molar-refractivity contribution in [1.29, 1.82) is 0 Å². The van der Waals surface area contributed by atoms with E-state index in [1.54, 1.807) is 6.20 Å². The molecule has 0 aliphatic rings. The summed E-state index contributed by atoms with van der Waals surface area (Å²) in [7, 11) is 0. The zero-order valence-corrected chi connectivity index (χ0v) is 12.6. The predicted octanol–water partition coefficient (Wildman–Crippen LogP) is 3.48. The van der Waals surface area contributed by atoms with Crippen LogP contribution in [0.15, 0.2) is 30.5 Å². The van der Waals surface area contributed by atoms with Crippen LogP contribution in [0.25, 0.3) is 0 Å². The molecule has 0 aliphatic carbocycles. The molecular weight excluding hydrogens is 276 g/mol. The number of thiocarbonyl (C=S) groups is 1. The maximum atomic E-state index is 5.68. The van der Waals surface area contributed by atoms with E-state index in [9.17, 15) is 0 Å². The number of rotatable bonds is 5. The van der Waals surface area contributed by atoms with Gasteiger partial charge in [-0.1, -0.05) is 38.2 Å². The Morgan fingerprint density at radius 3 is 2.58 bits per heavy atom. The van der Waals surface area contributed by atoms with Gasteiger partial charge >= 0.3 is 0 Å². The molecule has 0 unspecified atom stereocenters. The molecule has 3 nitrogen and oxygen atoms in total. The number of nitrogens with zero attached hydrogens (tertiary/aromatic N) is 1. The number of ether oxygens (including phenoxy) is 1. The van der Waals surface area contributed by atoms with Gasteiger partial charge in [0.05, 0.1) is 4.88 Å². The van der Waals surface area contributed by atoms with E-state index in [4.69, 9.17) is 22.7 Å². The molecule has 0 amide bonds. The average molecular weight is 292 g/mol. The largest absolute Gasteiger partial charge is 0.486 e. The smallest absolute Gasteiger partial charge is 0.140 e. The molecule has 2 aromatic rings. The van der Waals surface area contributed by atoms with Gasteiger partial charge in [0.2, 0.25) is 0 Å². The summed E-state index contributed by atoms with van der Waals surface area (Å²) in [6, 6.07) is 8.14. The number of nitrogens with two attached hydrogens (primary N) is 1. The second-order valence-corrected chi connectivity index (χ2v) is 6.05. The van der Waals surface area contributed by atoms with E-state index in [1.165, 1.54) is 16.9 Å². The SMILES string of the molecule is CC(C)c1ccc(OCc2ncc(C(N)=S)s2)cc1. The molecule has 1 aromatic heterocycles. The van der Waals surface area contributed by atoms with E-state index in [2.05, 4.69) is 31.0 Å². The summed E-state index contributed by atoms with van der Waals surface area (Å²) < 4.78 is 5.68. The van der Waals surface area contributed by atoms with Crippen LogP contribution in [0, 0.1) is 0 Å². The van der Waals surface area contributed by atoms with E-state index in [0.29, 0.717) is 17.5 Å². The lowest BCUT2D eigenvalue weighted by Crippen LogP contribution is -2.06. The zero-order chi connectivity index (χ0) is 13.8. The average Bonchev–Trinajstić information content (AvgIpc) is 2.86. The fourth-order valence-electron chi connectivity index (χ4n) is 1.58. The first kappa shape index (κ1) is 14.0. The fourth-order valence-corrected chi connectivity index (χ4v) is 2.45. The maximum absolute atomic E-state index is 5.68. The van der Waals surface area contributed by atoms with E-state index < -0.39 is 0 Å². The molecule has 100 valence electrons. The van der Waals surface area contributed by atoms with Crippen LogP contribution >= 0.6 is 23.6 Å². The molecule has 0 saturated heterocycles. The third-order valence-electron chi connectivity index (χ3n) is 2.71. The van der Waals surface area contributed by atoms with Crippen molar-refractivity contribution in [3.8, 4) is 5.75 Å². The second-order valence-electron chi connectivity index (χ2n) is 4.49. The van der Waals surface area contributed by atoms with E-state index in [-0.39, 0.29) is 0 Å². The Balaban J connectivity index is 1.96. The van der Waals surface area contributed by atoms with Crippen molar-refractivity contribution in [1.82, 2.24) is 4.98 Å². The minimum Gasteiger partial charge on any atom is -0.486 e. The summed E-state index contributed by atoms with van der Waals surface area (Å²) in [6.45, 7) is 4.78. The highest BCUT2D eigenvalue weighted by Gasteiger charge is 2.05. The van der Waals surface area contributed by atoms with Crippen molar-refractivity contribution in [2.45, 2.75) is 26.4 Å². The van der Waals surface area contributed by atoms with Gasteiger partial charge in [-0.3, -0.25) is 0 Å². The first-order chi connectivity index (χ1) is 9.06. The second kappa shape index (κ2) is 6.12. The lowest BCUT2D eigenvalue weighted by atomic mass is 10.0. The Morgan fingerprint density at radius 2 is 2.05 bits per heavy atom. The van der Waals surface area contributed by atoms with Gasteiger partial charge in [0.25, 0.3) is 0 Å². The standard InChI is InChI=1S/C14H16N2OS2/c1-9(2)10-3-5-11(6-4-10)17-8-13-16-7-12(19-13)14(15)18/h3-7,9H,8H2,1-2H3,(H2,15,18). The molecule has 2 rings (SSSR count). The molecule has 1 heterocycles. The molecule has 19 heavy (non-hydrogen) atoms. The number of hydrogen-bond donors (Lipinski definition) is 1. The molecular formula is C14H16N2OS2. The molecule has 1 aromatic carbocycles. The molecule has 0 saturated carbocycles. The van der Waals surface area contributed by atoms with Crippen LogP contribution in [0.1, 0.15) is 35.2 Å². The van der Waals surface area contributed by atoms with Crippen LogP contribution in [0.5, 0.6) is 5.75 Å². The number of hydrogen-bond acceptors (Lipinski definition) is 4. The summed E-state index contributed by atoms with van der Waals surface area (Å²) in [5, 5.41) is 0.871. The monoisotopic (exact) mass is 292 g/mol. The minimum absolute atomic E-state index is 0.380. The summed E-state index contributed by atoms with van der Waals surface area (Å²) >= 11 is 6.37. The van der Waals surface area contributed by atoms with Crippen molar-refractivity contribution < 1.29 is 4.74 Å². The van der Waals surface area contributed by atoms with Crippen LogP contribution in [-0.4, -0.2) is 9.97 Å². The third kappa shape index (κ3) is 3.75. The van der Waals surface area contributed by atoms with Gasteiger partial charge in [0.15, 0.2) is 0 Å². The summed E-state index contributed by atoms with van der Waals surface area (Å²) in [4.78, 5) is 5.43. The van der Waals surface area contributed by atoms with Gasteiger partial charge in [-0.05, 0) is 23.6 Å². The normalized spacial score (nSPS) is 10.7. The lowest BCUT2D eigenvalue weighted by molar-refractivity contribution is 0.305. The first-order valence-corrected chi connectivity index (χ1v) is 7.26. The van der Waals surface area contributed by atoms with Gasteiger partial charge in [-0.15, -0.1) is 11.3 Å². The van der Waals surface area contributed by atoms with Crippen molar-refractivity contribution in [2.24, 2.45) is 5.73 Å². The Morgan fingerprint density at radius 1 is 1.37 bits per heavy atom. The quantitative estimate of drug-likeness (QED) is 0.857. The molecule has 0 radical (unpaired) electrons.